The zero-order chi connectivity index (χ0) is 13.8. The summed E-state index contributed by atoms with van der Waals surface area (Å²) in [5, 5.41) is 5.92. The van der Waals surface area contributed by atoms with Gasteiger partial charge in [0.15, 0.2) is 5.65 Å². The smallest absolute Gasteiger partial charge is 0.234 e. The highest BCUT2D eigenvalue weighted by molar-refractivity contribution is 9.10. The molecule has 0 fully saturated rings. The lowest BCUT2D eigenvalue weighted by Crippen LogP contribution is -2.37. The molecular formula is C12H16BrN5O. The zero-order valence-corrected chi connectivity index (χ0v) is 12.4. The van der Waals surface area contributed by atoms with Crippen LogP contribution in [-0.4, -0.2) is 32.9 Å². The summed E-state index contributed by atoms with van der Waals surface area (Å²) in [7, 11) is 0. The van der Waals surface area contributed by atoms with E-state index in [1.807, 2.05) is 24.4 Å². The molecule has 1 amide bonds. The predicted molar refractivity (Wildman–Crippen MR) is 75.7 cm³/mol. The largest absolute Gasteiger partial charge is 0.353 e. The van der Waals surface area contributed by atoms with Crippen LogP contribution in [0.5, 0.6) is 0 Å². The third-order valence-corrected chi connectivity index (χ3v) is 2.89. The van der Waals surface area contributed by atoms with Crippen molar-refractivity contribution in [1.29, 1.82) is 0 Å². The topological polar surface area (TPSA) is 71.3 Å². The number of imidazole rings is 1. The summed E-state index contributed by atoms with van der Waals surface area (Å²) in [5.41, 5.74) is 1.77. The molecule has 0 radical (unpaired) electrons. The van der Waals surface area contributed by atoms with Gasteiger partial charge in [0.1, 0.15) is 4.60 Å². The van der Waals surface area contributed by atoms with Gasteiger partial charge < -0.3 is 10.6 Å². The molecule has 102 valence electrons. The van der Waals surface area contributed by atoms with E-state index in [2.05, 4.69) is 36.5 Å². The van der Waals surface area contributed by atoms with Gasteiger partial charge in [0.25, 0.3) is 0 Å². The Morgan fingerprint density at radius 3 is 2.95 bits per heavy atom. The van der Waals surface area contributed by atoms with Crippen LogP contribution in [0.1, 0.15) is 19.5 Å². The number of nitrogens with one attached hydrogen (secondary N) is 2. The summed E-state index contributed by atoms with van der Waals surface area (Å²) < 4.78 is 2.68. The highest BCUT2D eigenvalue weighted by Gasteiger charge is 2.06. The molecule has 19 heavy (non-hydrogen) atoms. The van der Waals surface area contributed by atoms with Crippen molar-refractivity contribution in [3.63, 3.8) is 0 Å². The number of halogens is 1. The van der Waals surface area contributed by atoms with Gasteiger partial charge in [0.05, 0.1) is 24.6 Å². The summed E-state index contributed by atoms with van der Waals surface area (Å²) >= 11 is 3.33. The standard InChI is InChI=1S/C12H16BrN5O/c1-8(2)17-12(19)6-14-3-9-4-16-11-5-15-10(13)7-18(9)11/h4-5,7-8,14H,3,6H2,1-2H3,(H,17,19). The van der Waals surface area contributed by atoms with Gasteiger partial charge >= 0.3 is 0 Å². The molecule has 2 rings (SSSR count). The van der Waals surface area contributed by atoms with Crippen LogP contribution in [0.4, 0.5) is 0 Å². The van der Waals surface area contributed by atoms with Gasteiger partial charge in [-0.25, -0.2) is 9.97 Å². The number of hydrogen-bond acceptors (Lipinski definition) is 4. The van der Waals surface area contributed by atoms with E-state index in [1.165, 1.54) is 0 Å². The first kappa shape index (κ1) is 14.0. The number of nitrogens with zero attached hydrogens (tertiary/aromatic N) is 3. The van der Waals surface area contributed by atoms with E-state index in [0.717, 1.165) is 15.9 Å². The van der Waals surface area contributed by atoms with E-state index >= 15 is 0 Å². The highest BCUT2D eigenvalue weighted by atomic mass is 79.9. The maximum atomic E-state index is 11.5. The Morgan fingerprint density at radius 1 is 1.42 bits per heavy atom. The molecular weight excluding hydrogens is 310 g/mol. The monoisotopic (exact) mass is 325 g/mol. The van der Waals surface area contributed by atoms with Crippen molar-refractivity contribution in [3.05, 3.63) is 28.9 Å². The van der Waals surface area contributed by atoms with Crippen LogP contribution in [-0.2, 0) is 11.3 Å². The van der Waals surface area contributed by atoms with E-state index in [0.29, 0.717) is 6.54 Å². The van der Waals surface area contributed by atoms with Crippen LogP contribution in [0.25, 0.3) is 5.65 Å². The molecule has 2 aromatic heterocycles. The molecule has 6 nitrogen and oxygen atoms in total. The zero-order valence-electron chi connectivity index (χ0n) is 10.9. The van der Waals surface area contributed by atoms with Crippen LogP contribution in [0.2, 0.25) is 0 Å². The molecule has 2 N–H and O–H groups in total. The molecule has 0 aromatic carbocycles. The number of aromatic nitrogens is 3. The van der Waals surface area contributed by atoms with Crippen LogP contribution < -0.4 is 10.6 Å². The fourth-order valence-electron chi connectivity index (χ4n) is 1.72. The minimum atomic E-state index is -0.00771. The number of rotatable bonds is 5. The SMILES string of the molecule is CC(C)NC(=O)CNCc1cnc2cnc(Br)cn12. The van der Waals surface area contributed by atoms with Gasteiger partial charge in [-0.2, -0.15) is 0 Å². The molecule has 0 bridgehead atoms. The minimum absolute atomic E-state index is 0.00771. The van der Waals surface area contributed by atoms with Crippen molar-refractivity contribution in [2.75, 3.05) is 6.54 Å². The average molecular weight is 326 g/mol. The van der Waals surface area contributed by atoms with Crippen LogP contribution >= 0.6 is 15.9 Å². The molecule has 0 aliphatic carbocycles. The molecule has 0 aliphatic heterocycles. The Bertz CT molecular complexity index is 581. The first-order valence-corrected chi connectivity index (χ1v) is 6.83. The summed E-state index contributed by atoms with van der Waals surface area (Å²) in [5.74, 6) is -0.00771. The Balaban J connectivity index is 1.95. The second kappa shape index (κ2) is 6.12. The lowest BCUT2D eigenvalue weighted by atomic mass is 10.4. The molecule has 0 saturated carbocycles. The second-order valence-corrected chi connectivity index (χ2v) is 5.33. The van der Waals surface area contributed by atoms with Crippen LogP contribution in [0.3, 0.4) is 0 Å². The number of fused-ring (bicyclic) bond motifs is 1. The number of carbonyl (C=O) groups excluding carboxylic acids is 1. The maximum Gasteiger partial charge on any atom is 0.234 e. The average Bonchev–Trinajstić information content (AvgIpc) is 2.71. The van der Waals surface area contributed by atoms with Crippen molar-refractivity contribution in [2.45, 2.75) is 26.4 Å². The molecule has 0 aliphatic rings. The van der Waals surface area contributed by atoms with Gasteiger partial charge in [0, 0.05) is 18.8 Å². The lowest BCUT2D eigenvalue weighted by molar-refractivity contribution is -0.120. The molecule has 0 saturated heterocycles. The summed E-state index contributed by atoms with van der Waals surface area (Å²) in [4.78, 5) is 19.8. The normalized spacial score (nSPS) is 11.2. The molecule has 2 aromatic rings. The summed E-state index contributed by atoms with van der Waals surface area (Å²) in [6, 6.07) is 0.159. The number of hydrogen-bond donors (Lipinski definition) is 2. The Kier molecular flexibility index (Phi) is 4.49. The Hall–Kier alpha value is -1.47. The van der Waals surface area contributed by atoms with Gasteiger partial charge in [0.2, 0.25) is 5.91 Å². The second-order valence-electron chi connectivity index (χ2n) is 4.51. The summed E-state index contributed by atoms with van der Waals surface area (Å²) in [6.45, 7) is 4.74. The van der Waals surface area contributed by atoms with Gasteiger partial charge in [-0.15, -0.1) is 0 Å². The van der Waals surface area contributed by atoms with Crippen molar-refractivity contribution >= 4 is 27.5 Å². The number of amides is 1. The Labute approximate surface area is 119 Å². The van der Waals surface area contributed by atoms with E-state index in [4.69, 9.17) is 0 Å². The van der Waals surface area contributed by atoms with Crippen molar-refractivity contribution in [2.24, 2.45) is 0 Å². The molecule has 0 unspecified atom stereocenters. The Morgan fingerprint density at radius 2 is 2.21 bits per heavy atom. The molecule has 0 spiro atoms. The quantitative estimate of drug-likeness (QED) is 0.863. The third-order valence-electron chi connectivity index (χ3n) is 2.48. The van der Waals surface area contributed by atoms with Crippen molar-refractivity contribution < 1.29 is 4.79 Å². The predicted octanol–water partition coefficient (Wildman–Crippen LogP) is 1.11. The molecule has 2 heterocycles. The lowest BCUT2D eigenvalue weighted by Gasteiger charge is -2.09. The highest BCUT2D eigenvalue weighted by Crippen LogP contribution is 2.10. The van der Waals surface area contributed by atoms with E-state index in [9.17, 15) is 4.79 Å². The molecule has 0 atom stereocenters. The van der Waals surface area contributed by atoms with Gasteiger partial charge in [-0.3, -0.25) is 9.20 Å². The van der Waals surface area contributed by atoms with Gasteiger partial charge in [-0.1, -0.05) is 0 Å². The third kappa shape index (κ3) is 3.74. The van der Waals surface area contributed by atoms with Crippen molar-refractivity contribution in [3.8, 4) is 0 Å². The van der Waals surface area contributed by atoms with E-state index < -0.39 is 0 Å². The number of carbonyl (C=O) groups is 1. The van der Waals surface area contributed by atoms with Gasteiger partial charge in [-0.05, 0) is 29.8 Å². The van der Waals surface area contributed by atoms with Crippen LogP contribution in [0, 0.1) is 0 Å². The van der Waals surface area contributed by atoms with Crippen LogP contribution in [0.15, 0.2) is 23.2 Å². The fourth-order valence-corrected chi connectivity index (χ4v) is 2.03. The van der Waals surface area contributed by atoms with Crippen molar-refractivity contribution in [1.82, 2.24) is 25.0 Å². The fraction of sp³-hybridized carbons (Fsp3) is 0.417. The van der Waals surface area contributed by atoms with E-state index in [1.54, 1.807) is 12.4 Å². The first-order chi connectivity index (χ1) is 9.06. The maximum absolute atomic E-state index is 11.5. The molecule has 7 heteroatoms. The first-order valence-electron chi connectivity index (χ1n) is 6.04. The van der Waals surface area contributed by atoms with E-state index in [-0.39, 0.29) is 18.5 Å². The summed E-state index contributed by atoms with van der Waals surface area (Å²) in [6.07, 6.45) is 5.32. The minimum Gasteiger partial charge on any atom is -0.353 e.